The van der Waals surface area contributed by atoms with Crippen molar-refractivity contribution in [3.63, 3.8) is 0 Å². The van der Waals surface area contributed by atoms with Crippen LogP contribution in [0.1, 0.15) is 25.3 Å². The topological polar surface area (TPSA) is 88.0 Å². The Balaban J connectivity index is 1.47. The first kappa shape index (κ1) is 21.5. The fraction of sp³-hybridized carbons (Fsp3) is 0.524. The van der Waals surface area contributed by atoms with E-state index >= 15 is 0 Å². The second-order valence-corrected chi connectivity index (χ2v) is 10.0. The Bertz CT molecular complexity index is 867. The van der Waals surface area contributed by atoms with Gasteiger partial charge in [0.1, 0.15) is 0 Å². The third kappa shape index (κ3) is 6.14. The van der Waals surface area contributed by atoms with Crippen molar-refractivity contribution in [3.05, 3.63) is 42.0 Å². The number of quaternary nitrogens is 1. The lowest BCUT2D eigenvalue weighted by molar-refractivity contribution is -0.887. The molecule has 7 nitrogen and oxygen atoms in total. The number of likely N-dealkylation sites (N-methyl/N-ethyl adjacent to an activating group) is 1. The Morgan fingerprint density at radius 2 is 2.00 bits per heavy atom. The average Bonchev–Trinajstić information content (AvgIpc) is 3.05. The van der Waals surface area contributed by atoms with Gasteiger partial charge in [-0.2, -0.15) is 0 Å². The number of carbonyl (C=O) groups is 2. The zero-order chi connectivity index (χ0) is 20.9. The van der Waals surface area contributed by atoms with Crippen molar-refractivity contribution in [2.75, 3.05) is 44.2 Å². The molecule has 2 N–H and O–H groups in total. The predicted molar refractivity (Wildman–Crippen MR) is 112 cm³/mol. The summed E-state index contributed by atoms with van der Waals surface area (Å²) in [6.45, 7) is 4.31. The molecule has 2 atom stereocenters. The van der Waals surface area contributed by atoms with Crippen molar-refractivity contribution >= 4 is 27.2 Å². The molecule has 2 amide bonds. The lowest BCUT2D eigenvalue weighted by Crippen LogP contribution is -3.13. The van der Waals surface area contributed by atoms with Crippen LogP contribution in [0.15, 0.2) is 36.4 Å². The molecule has 29 heavy (non-hydrogen) atoms. The van der Waals surface area contributed by atoms with Crippen molar-refractivity contribution in [1.29, 1.82) is 0 Å². The van der Waals surface area contributed by atoms with Crippen LogP contribution in [0, 0.1) is 0 Å². The second kappa shape index (κ2) is 9.54. The van der Waals surface area contributed by atoms with Crippen LogP contribution in [0.5, 0.6) is 0 Å². The summed E-state index contributed by atoms with van der Waals surface area (Å²) in [7, 11) is -3.04. The summed E-state index contributed by atoms with van der Waals surface area (Å²) in [5, 5.41) is 2.75. The second-order valence-electron chi connectivity index (χ2n) is 7.80. The van der Waals surface area contributed by atoms with Crippen molar-refractivity contribution in [2.45, 2.75) is 25.8 Å². The molecule has 0 aliphatic carbocycles. The highest BCUT2D eigenvalue weighted by Gasteiger charge is 2.30. The summed E-state index contributed by atoms with van der Waals surface area (Å²) in [5.74, 6) is -0.228. The first-order chi connectivity index (χ1) is 13.9. The van der Waals surface area contributed by atoms with Crippen LogP contribution in [0.2, 0.25) is 0 Å². The van der Waals surface area contributed by atoms with Gasteiger partial charge in [0.15, 0.2) is 16.4 Å². The number of rotatable bonds is 7. The minimum Gasteiger partial charge on any atom is -0.351 e. The Kier molecular flexibility index (Phi) is 7.08. The summed E-state index contributed by atoms with van der Waals surface area (Å²) < 4.78 is 23.0. The molecular weight excluding hydrogens is 390 g/mol. The molecule has 8 heteroatoms. The van der Waals surface area contributed by atoms with Crippen LogP contribution in [0.25, 0.3) is 5.57 Å². The maximum absolute atomic E-state index is 12.7. The molecular formula is C21H30N3O4S+. The van der Waals surface area contributed by atoms with Gasteiger partial charge in [0.05, 0.1) is 31.1 Å². The highest BCUT2D eigenvalue weighted by Crippen LogP contribution is 2.17. The molecule has 2 aliphatic rings. The van der Waals surface area contributed by atoms with Gasteiger partial charge in [-0.05, 0) is 30.6 Å². The third-order valence-electron chi connectivity index (χ3n) is 5.60. The van der Waals surface area contributed by atoms with Gasteiger partial charge in [-0.15, -0.1) is 0 Å². The van der Waals surface area contributed by atoms with Gasteiger partial charge < -0.3 is 15.1 Å². The van der Waals surface area contributed by atoms with Crippen LogP contribution < -0.4 is 10.2 Å². The lowest BCUT2D eigenvalue weighted by atomic mass is 9.99. The van der Waals surface area contributed by atoms with E-state index < -0.39 is 9.84 Å². The molecule has 0 aromatic heterocycles. The molecule has 1 unspecified atom stereocenters. The molecule has 1 fully saturated rings. The van der Waals surface area contributed by atoms with Crippen molar-refractivity contribution < 1.29 is 22.9 Å². The van der Waals surface area contributed by atoms with E-state index in [0.29, 0.717) is 19.5 Å². The highest BCUT2D eigenvalue weighted by atomic mass is 32.2. The summed E-state index contributed by atoms with van der Waals surface area (Å²) in [5.41, 5.74) is 2.55. The fourth-order valence-corrected chi connectivity index (χ4v) is 5.59. The molecule has 0 spiro atoms. The molecule has 0 radical (unpaired) electrons. The minimum absolute atomic E-state index is 0.00712. The molecule has 0 saturated carbocycles. The molecule has 2 aliphatic heterocycles. The number of nitrogens with one attached hydrogen (secondary N) is 2. The first-order valence-electron chi connectivity index (χ1n) is 10.2. The molecule has 0 bridgehead atoms. The van der Waals surface area contributed by atoms with Crippen LogP contribution in [0.4, 0.5) is 0 Å². The fourth-order valence-electron chi connectivity index (χ4n) is 3.92. The summed E-state index contributed by atoms with van der Waals surface area (Å²) >= 11 is 0. The van der Waals surface area contributed by atoms with Crippen molar-refractivity contribution in [2.24, 2.45) is 0 Å². The van der Waals surface area contributed by atoms with Gasteiger partial charge in [-0.3, -0.25) is 9.59 Å². The van der Waals surface area contributed by atoms with Gasteiger partial charge in [-0.1, -0.05) is 30.3 Å². The SMILES string of the molecule is CCN(CC(=O)N[C@H]1CCS(=O)(=O)C1)C(=O)C[NH+]1CC=C(c2ccccc2)CC1. The quantitative estimate of drug-likeness (QED) is 0.623. The minimum atomic E-state index is -3.04. The summed E-state index contributed by atoms with van der Waals surface area (Å²) in [4.78, 5) is 27.7. The molecule has 2 heterocycles. The van der Waals surface area contributed by atoms with Crippen LogP contribution >= 0.6 is 0 Å². The Morgan fingerprint density at radius 1 is 1.24 bits per heavy atom. The van der Waals surface area contributed by atoms with E-state index in [0.717, 1.165) is 19.5 Å². The molecule has 3 rings (SSSR count). The van der Waals surface area contributed by atoms with E-state index in [1.165, 1.54) is 16.0 Å². The van der Waals surface area contributed by atoms with Gasteiger partial charge in [0, 0.05) is 19.0 Å². The van der Waals surface area contributed by atoms with Gasteiger partial charge in [0.25, 0.3) is 5.91 Å². The maximum Gasteiger partial charge on any atom is 0.278 e. The Morgan fingerprint density at radius 3 is 2.59 bits per heavy atom. The van der Waals surface area contributed by atoms with Gasteiger partial charge in [0.2, 0.25) is 5.91 Å². The highest BCUT2D eigenvalue weighted by molar-refractivity contribution is 7.91. The monoisotopic (exact) mass is 420 g/mol. The normalized spacial score (nSPS) is 23.3. The molecule has 1 saturated heterocycles. The molecule has 1 aromatic rings. The lowest BCUT2D eigenvalue weighted by Gasteiger charge is -2.27. The number of nitrogens with zero attached hydrogens (tertiary/aromatic N) is 1. The predicted octanol–water partition coefficient (Wildman–Crippen LogP) is -0.490. The number of benzene rings is 1. The summed E-state index contributed by atoms with van der Waals surface area (Å²) in [6, 6.07) is 9.94. The smallest absolute Gasteiger partial charge is 0.278 e. The van der Waals surface area contributed by atoms with Gasteiger partial charge >= 0.3 is 0 Å². The standard InChI is InChI=1S/C21H29N3O4S/c1-2-24(14-20(25)22-19-10-13-29(27,28)16-19)21(26)15-23-11-8-18(9-12-23)17-6-4-3-5-7-17/h3-8,19H,2,9-16H2,1H3,(H,22,25)/p+1/t19-/m0/s1. The van der Waals surface area contributed by atoms with Crippen LogP contribution in [-0.2, 0) is 19.4 Å². The Labute approximate surface area is 172 Å². The van der Waals surface area contributed by atoms with Crippen LogP contribution in [0.3, 0.4) is 0 Å². The van der Waals surface area contributed by atoms with E-state index in [9.17, 15) is 18.0 Å². The first-order valence-corrected chi connectivity index (χ1v) is 12.0. The zero-order valence-corrected chi connectivity index (χ0v) is 17.7. The number of amides is 2. The zero-order valence-electron chi connectivity index (χ0n) is 16.9. The van der Waals surface area contributed by atoms with E-state index in [4.69, 9.17) is 0 Å². The molecule has 158 valence electrons. The number of hydrogen-bond donors (Lipinski definition) is 2. The van der Waals surface area contributed by atoms with E-state index in [1.54, 1.807) is 4.90 Å². The maximum atomic E-state index is 12.7. The average molecular weight is 421 g/mol. The number of carbonyl (C=O) groups excluding carboxylic acids is 2. The molecule has 1 aromatic carbocycles. The Hall–Kier alpha value is -2.19. The number of hydrogen-bond acceptors (Lipinski definition) is 4. The van der Waals surface area contributed by atoms with Crippen LogP contribution in [-0.4, -0.2) is 75.4 Å². The van der Waals surface area contributed by atoms with E-state index in [2.05, 4.69) is 23.5 Å². The van der Waals surface area contributed by atoms with Crippen molar-refractivity contribution in [1.82, 2.24) is 10.2 Å². The van der Waals surface area contributed by atoms with Crippen molar-refractivity contribution in [3.8, 4) is 0 Å². The third-order valence-corrected chi connectivity index (χ3v) is 7.37. The largest absolute Gasteiger partial charge is 0.351 e. The summed E-state index contributed by atoms with van der Waals surface area (Å²) in [6.07, 6.45) is 3.57. The number of sulfone groups is 1. The van der Waals surface area contributed by atoms with E-state index in [1.807, 2.05) is 25.1 Å². The van der Waals surface area contributed by atoms with E-state index in [-0.39, 0.29) is 35.9 Å². The van der Waals surface area contributed by atoms with Gasteiger partial charge in [-0.25, -0.2) is 8.42 Å².